The van der Waals surface area contributed by atoms with E-state index in [0.717, 1.165) is 6.61 Å². The summed E-state index contributed by atoms with van der Waals surface area (Å²) in [4.78, 5) is 0. The molecule has 0 saturated heterocycles. The van der Waals surface area contributed by atoms with Crippen molar-refractivity contribution in [2.75, 3.05) is 19.9 Å². The summed E-state index contributed by atoms with van der Waals surface area (Å²) in [6.45, 7) is 6.89. The van der Waals surface area contributed by atoms with Crippen LogP contribution in [0.15, 0.2) is 0 Å². The zero-order chi connectivity index (χ0) is 5.91. The highest BCUT2D eigenvalue weighted by Gasteiger charge is 1.92. The van der Waals surface area contributed by atoms with Crippen molar-refractivity contribution in [1.82, 2.24) is 0 Å². The Labute approximate surface area is 45.7 Å². The maximum absolute atomic E-state index is 5.23. The smallest absolute Gasteiger partial charge is 0.0478 e. The standard InChI is InChI=1S/C5H13OP/c1-5-6-7(2,3)4/h2,5H2,1,3-4H3. The van der Waals surface area contributed by atoms with Gasteiger partial charge in [0.1, 0.15) is 0 Å². The molecule has 0 aliphatic carbocycles. The summed E-state index contributed by atoms with van der Waals surface area (Å²) in [7, 11) is -1.17. The minimum atomic E-state index is -1.17. The minimum absolute atomic E-state index is 0.796. The Morgan fingerprint density at radius 2 is 2.00 bits per heavy atom. The molecule has 0 aromatic carbocycles. The molecule has 0 fully saturated rings. The van der Waals surface area contributed by atoms with Gasteiger partial charge in [0, 0.05) is 6.61 Å². The fourth-order valence-electron chi connectivity index (χ4n) is 0.349. The Kier molecular flexibility index (Phi) is 2.63. The lowest BCUT2D eigenvalue weighted by atomic mass is 10.9. The van der Waals surface area contributed by atoms with Crippen molar-refractivity contribution in [2.45, 2.75) is 6.92 Å². The second kappa shape index (κ2) is 2.54. The molecular weight excluding hydrogens is 107 g/mol. The summed E-state index contributed by atoms with van der Waals surface area (Å²) in [6.07, 6.45) is 3.85. The van der Waals surface area contributed by atoms with Crippen molar-refractivity contribution in [2.24, 2.45) is 0 Å². The highest BCUT2D eigenvalue weighted by atomic mass is 31.2. The summed E-state index contributed by atoms with van der Waals surface area (Å²) in [5.74, 6) is 0. The van der Waals surface area contributed by atoms with Crippen LogP contribution in [-0.2, 0) is 4.52 Å². The minimum Gasteiger partial charge on any atom is -0.363 e. The van der Waals surface area contributed by atoms with Gasteiger partial charge in [-0.2, -0.15) is 0 Å². The fourth-order valence-corrected chi connectivity index (χ4v) is 1.05. The summed E-state index contributed by atoms with van der Waals surface area (Å²) >= 11 is 0. The predicted octanol–water partition coefficient (Wildman–Crippen LogP) is 1.65. The Balaban J connectivity index is 3.36. The van der Waals surface area contributed by atoms with Gasteiger partial charge in [0.15, 0.2) is 0 Å². The molecule has 0 atom stereocenters. The first-order valence-corrected chi connectivity index (χ1v) is 5.18. The molecule has 0 spiro atoms. The van der Waals surface area contributed by atoms with E-state index in [1.54, 1.807) is 0 Å². The molecule has 0 radical (unpaired) electrons. The average Bonchev–Trinajstić information content (AvgIpc) is 1.30. The van der Waals surface area contributed by atoms with Crippen LogP contribution in [-0.4, -0.2) is 26.2 Å². The topological polar surface area (TPSA) is 9.23 Å². The lowest BCUT2D eigenvalue weighted by Gasteiger charge is -2.10. The third kappa shape index (κ3) is 6.26. The molecule has 0 bridgehead atoms. The van der Waals surface area contributed by atoms with Gasteiger partial charge in [-0.1, -0.05) is 6.30 Å². The third-order valence-electron chi connectivity index (χ3n) is 0.479. The van der Waals surface area contributed by atoms with Crippen molar-refractivity contribution >= 4 is 13.4 Å². The predicted molar refractivity (Wildman–Crippen MR) is 37.5 cm³/mol. The highest BCUT2D eigenvalue weighted by Crippen LogP contribution is 2.35. The molecule has 0 amide bonds. The highest BCUT2D eigenvalue weighted by molar-refractivity contribution is 7.67. The molecule has 0 unspecified atom stereocenters. The second-order valence-corrected chi connectivity index (χ2v) is 5.40. The second-order valence-electron chi connectivity index (χ2n) is 1.99. The van der Waals surface area contributed by atoms with E-state index in [1.807, 2.05) is 6.92 Å². The number of hydrogen-bond donors (Lipinski definition) is 0. The van der Waals surface area contributed by atoms with Gasteiger partial charge in [-0.05, 0) is 27.4 Å². The van der Waals surface area contributed by atoms with Crippen molar-refractivity contribution in [3.8, 4) is 0 Å². The normalized spacial score (nSPS) is 11.9. The van der Waals surface area contributed by atoms with E-state index in [-0.39, 0.29) is 0 Å². The van der Waals surface area contributed by atoms with E-state index >= 15 is 0 Å². The first kappa shape index (κ1) is 7.26. The molecule has 2 heteroatoms. The Morgan fingerprint density at radius 1 is 1.57 bits per heavy atom. The zero-order valence-electron chi connectivity index (χ0n) is 5.27. The molecule has 0 heterocycles. The third-order valence-corrected chi connectivity index (χ3v) is 1.44. The molecule has 0 rings (SSSR count). The largest absolute Gasteiger partial charge is 0.363 e. The first-order valence-electron chi connectivity index (χ1n) is 2.39. The van der Waals surface area contributed by atoms with Crippen LogP contribution in [0.2, 0.25) is 0 Å². The molecule has 0 N–H and O–H groups in total. The van der Waals surface area contributed by atoms with Crippen LogP contribution in [0, 0.1) is 0 Å². The van der Waals surface area contributed by atoms with E-state index in [1.165, 1.54) is 0 Å². The fraction of sp³-hybridized carbons (Fsp3) is 0.800. The van der Waals surface area contributed by atoms with Gasteiger partial charge in [-0.25, -0.2) is 0 Å². The van der Waals surface area contributed by atoms with Crippen LogP contribution < -0.4 is 0 Å². The van der Waals surface area contributed by atoms with Crippen LogP contribution in [0.5, 0.6) is 0 Å². The molecule has 0 aliphatic rings. The quantitative estimate of drug-likeness (QED) is 0.503. The molecule has 0 aromatic heterocycles. The van der Waals surface area contributed by atoms with Gasteiger partial charge in [-0.15, -0.1) is 0 Å². The maximum Gasteiger partial charge on any atom is 0.0478 e. The first-order chi connectivity index (χ1) is 3.06. The van der Waals surface area contributed by atoms with Gasteiger partial charge in [0.05, 0.1) is 0 Å². The van der Waals surface area contributed by atoms with Crippen molar-refractivity contribution in [3.05, 3.63) is 0 Å². The number of rotatable bonds is 2. The van der Waals surface area contributed by atoms with Gasteiger partial charge in [0.25, 0.3) is 0 Å². The van der Waals surface area contributed by atoms with Gasteiger partial charge >= 0.3 is 0 Å². The summed E-state index contributed by atoms with van der Waals surface area (Å²) in [6, 6.07) is 0. The van der Waals surface area contributed by atoms with Crippen LogP contribution in [0.4, 0.5) is 0 Å². The summed E-state index contributed by atoms with van der Waals surface area (Å²) in [5.41, 5.74) is 0. The van der Waals surface area contributed by atoms with E-state index in [4.69, 9.17) is 4.52 Å². The molecular formula is C5H13OP. The van der Waals surface area contributed by atoms with Crippen LogP contribution in [0.1, 0.15) is 6.92 Å². The monoisotopic (exact) mass is 120 g/mol. The Hall–Kier alpha value is 0.260. The van der Waals surface area contributed by atoms with Crippen LogP contribution in [0.25, 0.3) is 0 Å². The van der Waals surface area contributed by atoms with E-state index < -0.39 is 7.11 Å². The SMILES string of the molecule is C=P(C)(C)OCC. The van der Waals surface area contributed by atoms with E-state index in [0.29, 0.717) is 0 Å². The lowest BCUT2D eigenvalue weighted by Crippen LogP contribution is -1.83. The Bertz CT molecular complexity index is 82.1. The zero-order valence-corrected chi connectivity index (χ0v) is 6.16. The molecule has 0 aromatic rings. The van der Waals surface area contributed by atoms with Crippen molar-refractivity contribution in [3.63, 3.8) is 0 Å². The van der Waals surface area contributed by atoms with Crippen LogP contribution in [0.3, 0.4) is 0 Å². The maximum atomic E-state index is 5.23. The molecule has 7 heavy (non-hydrogen) atoms. The van der Waals surface area contributed by atoms with Gasteiger partial charge in [-0.3, -0.25) is 0 Å². The molecule has 44 valence electrons. The van der Waals surface area contributed by atoms with E-state index in [9.17, 15) is 0 Å². The van der Waals surface area contributed by atoms with E-state index in [2.05, 4.69) is 19.6 Å². The number of hydrogen-bond acceptors (Lipinski definition) is 1. The van der Waals surface area contributed by atoms with Crippen LogP contribution >= 0.6 is 7.11 Å². The Morgan fingerprint density at radius 3 is 2.00 bits per heavy atom. The average molecular weight is 120 g/mol. The molecule has 1 nitrogen and oxygen atoms in total. The van der Waals surface area contributed by atoms with Gasteiger partial charge in [0.2, 0.25) is 0 Å². The summed E-state index contributed by atoms with van der Waals surface area (Å²) in [5, 5.41) is 0. The van der Waals surface area contributed by atoms with Crippen molar-refractivity contribution in [1.29, 1.82) is 0 Å². The molecule has 0 saturated carbocycles. The summed E-state index contributed by atoms with van der Waals surface area (Å²) < 4.78 is 5.23. The molecule has 0 aliphatic heterocycles. The lowest BCUT2D eigenvalue weighted by molar-refractivity contribution is 0.381. The van der Waals surface area contributed by atoms with Gasteiger partial charge < -0.3 is 4.52 Å². The van der Waals surface area contributed by atoms with Crippen molar-refractivity contribution < 1.29 is 4.52 Å².